The lowest BCUT2D eigenvalue weighted by Crippen LogP contribution is -2.44. The third kappa shape index (κ3) is 5.15. The summed E-state index contributed by atoms with van der Waals surface area (Å²) in [7, 11) is -3.75. The van der Waals surface area contributed by atoms with Gasteiger partial charge >= 0.3 is 5.97 Å². The van der Waals surface area contributed by atoms with E-state index < -0.39 is 16.0 Å². The maximum absolute atomic E-state index is 12.6. The van der Waals surface area contributed by atoms with Crippen LogP contribution >= 0.6 is 11.6 Å². The van der Waals surface area contributed by atoms with Gasteiger partial charge in [0.05, 0.1) is 6.10 Å². The number of carbonyl (C=O) groups is 2. The Morgan fingerprint density at radius 2 is 2.04 bits per heavy atom. The Balaban J connectivity index is 1.89. The molecule has 8 nitrogen and oxygen atoms in total. The van der Waals surface area contributed by atoms with E-state index in [1.165, 1.54) is 22.6 Å². The van der Waals surface area contributed by atoms with Gasteiger partial charge in [-0.15, -0.1) is 0 Å². The van der Waals surface area contributed by atoms with Crippen molar-refractivity contribution in [1.82, 2.24) is 14.6 Å². The largest absolute Gasteiger partial charge is 0.462 e. The first-order chi connectivity index (χ1) is 12.2. The number of amides is 1. The van der Waals surface area contributed by atoms with Crippen LogP contribution < -0.4 is 5.32 Å². The number of ether oxygens (including phenoxy) is 1. The maximum atomic E-state index is 12.6. The Morgan fingerprint density at radius 1 is 1.38 bits per heavy atom. The lowest BCUT2D eigenvalue weighted by atomic mass is 9.97. The minimum atomic E-state index is -3.75. The molecule has 1 aliphatic heterocycles. The predicted octanol–water partition coefficient (Wildman–Crippen LogP) is 1.20. The van der Waals surface area contributed by atoms with Crippen LogP contribution in [-0.2, 0) is 24.3 Å². The van der Waals surface area contributed by atoms with Gasteiger partial charge in [0, 0.05) is 25.2 Å². The molecule has 1 aromatic heterocycles. The molecular formula is C16H22ClN3O5S. The number of piperidine rings is 1. The second-order valence-corrected chi connectivity index (χ2v) is 8.49. The fraction of sp³-hybridized carbons (Fsp3) is 0.562. The summed E-state index contributed by atoms with van der Waals surface area (Å²) in [6.45, 7) is 3.65. The number of nitrogens with zero attached hydrogens (tertiary/aromatic N) is 2. The average Bonchev–Trinajstić information content (AvgIpc) is 2.59. The van der Waals surface area contributed by atoms with E-state index in [-0.39, 0.29) is 47.6 Å². The molecule has 0 spiro atoms. The lowest BCUT2D eigenvalue weighted by molar-refractivity contribution is -0.147. The molecule has 1 fully saturated rings. The van der Waals surface area contributed by atoms with Gasteiger partial charge in [-0.25, -0.2) is 13.4 Å². The number of carbonyl (C=O) groups excluding carboxylic acids is 2. The highest BCUT2D eigenvalue weighted by molar-refractivity contribution is 7.89. The van der Waals surface area contributed by atoms with Crippen LogP contribution in [0.15, 0.2) is 23.2 Å². The molecule has 26 heavy (non-hydrogen) atoms. The smallest absolute Gasteiger partial charge is 0.325 e. The highest BCUT2D eigenvalue weighted by Gasteiger charge is 2.33. The zero-order valence-electron chi connectivity index (χ0n) is 14.6. The van der Waals surface area contributed by atoms with Gasteiger partial charge in [0.1, 0.15) is 16.6 Å². The van der Waals surface area contributed by atoms with Crippen molar-refractivity contribution >= 4 is 33.5 Å². The van der Waals surface area contributed by atoms with Crippen molar-refractivity contribution < 1.29 is 22.7 Å². The molecule has 1 N–H and O–H groups in total. The minimum absolute atomic E-state index is 0.0407. The Morgan fingerprint density at radius 3 is 2.62 bits per heavy atom. The van der Waals surface area contributed by atoms with Crippen molar-refractivity contribution in [2.75, 3.05) is 19.6 Å². The van der Waals surface area contributed by atoms with Crippen molar-refractivity contribution in [1.29, 1.82) is 0 Å². The molecule has 10 heteroatoms. The van der Waals surface area contributed by atoms with Crippen LogP contribution in [0, 0.1) is 5.92 Å². The molecular weight excluding hydrogens is 382 g/mol. The van der Waals surface area contributed by atoms with Gasteiger partial charge in [0.2, 0.25) is 15.9 Å². The Bertz CT molecular complexity index is 761. The van der Waals surface area contributed by atoms with Crippen molar-refractivity contribution in [3.05, 3.63) is 23.5 Å². The van der Waals surface area contributed by atoms with Gasteiger partial charge in [-0.05, 0) is 38.8 Å². The summed E-state index contributed by atoms with van der Waals surface area (Å²) in [6.07, 6.45) is 1.90. The quantitative estimate of drug-likeness (QED) is 0.565. The minimum Gasteiger partial charge on any atom is -0.462 e. The molecule has 0 radical (unpaired) electrons. The summed E-state index contributed by atoms with van der Waals surface area (Å²) >= 11 is 5.89. The molecule has 2 rings (SSSR count). The SMILES string of the molecule is CC(C)OC(=O)CNC(=O)C1CCN(S(=O)(=O)c2cccnc2Cl)CC1. The summed E-state index contributed by atoms with van der Waals surface area (Å²) < 4.78 is 31.5. The average molecular weight is 404 g/mol. The number of hydrogen-bond donors (Lipinski definition) is 1. The molecule has 1 aliphatic rings. The van der Waals surface area contributed by atoms with Gasteiger partial charge in [-0.2, -0.15) is 4.31 Å². The zero-order chi connectivity index (χ0) is 19.3. The molecule has 2 heterocycles. The first kappa shape index (κ1) is 20.6. The second kappa shape index (κ2) is 8.79. The highest BCUT2D eigenvalue weighted by atomic mass is 35.5. The number of pyridine rings is 1. The summed E-state index contributed by atoms with van der Waals surface area (Å²) in [5.41, 5.74) is 0. The van der Waals surface area contributed by atoms with E-state index in [9.17, 15) is 18.0 Å². The van der Waals surface area contributed by atoms with Gasteiger partial charge in [-0.1, -0.05) is 11.6 Å². The fourth-order valence-electron chi connectivity index (χ4n) is 2.67. The van der Waals surface area contributed by atoms with Crippen LogP contribution in [0.2, 0.25) is 5.15 Å². The monoisotopic (exact) mass is 403 g/mol. The lowest BCUT2D eigenvalue weighted by Gasteiger charge is -2.30. The molecule has 0 atom stereocenters. The van der Waals surface area contributed by atoms with Crippen molar-refractivity contribution in [2.45, 2.75) is 37.7 Å². The normalized spacial score (nSPS) is 16.5. The summed E-state index contributed by atoms with van der Waals surface area (Å²) in [4.78, 5) is 27.4. The van der Waals surface area contributed by atoms with Crippen molar-refractivity contribution in [3.63, 3.8) is 0 Å². The summed E-state index contributed by atoms with van der Waals surface area (Å²) in [6, 6.07) is 2.92. The maximum Gasteiger partial charge on any atom is 0.325 e. The highest BCUT2D eigenvalue weighted by Crippen LogP contribution is 2.26. The second-order valence-electron chi connectivity index (χ2n) is 6.23. The van der Waals surface area contributed by atoms with E-state index in [0.29, 0.717) is 12.8 Å². The van der Waals surface area contributed by atoms with E-state index in [4.69, 9.17) is 16.3 Å². The number of hydrogen-bond acceptors (Lipinski definition) is 6. The standard InChI is InChI=1S/C16H22ClN3O5S/c1-11(2)25-14(21)10-19-16(22)12-5-8-20(9-6-12)26(23,24)13-4-3-7-18-15(13)17/h3-4,7,11-12H,5-6,8-10H2,1-2H3,(H,19,22). The molecule has 1 saturated heterocycles. The van der Waals surface area contributed by atoms with E-state index in [1.807, 2.05) is 0 Å². The molecule has 0 unspecified atom stereocenters. The van der Waals surface area contributed by atoms with E-state index in [0.717, 1.165) is 0 Å². The Hall–Kier alpha value is -1.71. The first-order valence-corrected chi connectivity index (χ1v) is 10.1. The number of esters is 1. The Labute approximate surface area is 157 Å². The zero-order valence-corrected chi connectivity index (χ0v) is 16.2. The van der Waals surface area contributed by atoms with Gasteiger partial charge < -0.3 is 10.1 Å². The Kier molecular flexibility index (Phi) is 6.96. The predicted molar refractivity (Wildman–Crippen MR) is 95.0 cm³/mol. The third-order valence-corrected chi connectivity index (χ3v) is 6.28. The molecule has 144 valence electrons. The molecule has 0 aliphatic carbocycles. The molecule has 0 bridgehead atoms. The summed E-state index contributed by atoms with van der Waals surface area (Å²) in [5, 5.41) is 2.47. The number of rotatable bonds is 6. The van der Waals surface area contributed by atoms with E-state index >= 15 is 0 Å². The van der Waals surface area contributed by atoms with Crippen LogP contribution in [0.1, 0.15) is 26.7 Å². The van der Waals surface area contributed by atoms with E-state index in [2.05, 4.69) is 10.3 Å². The molecule has 0 saturated carbocycles. The van der Waals surface area contributed by atoms with Gasteiger partial charge in [-0.3, -0.25) is 9.59 Å². The van der Waals surface area contributed by atoms with Crippen molar-refractivity contribution in [3.8, 4) is 0 Å². The summed E-state index contributed by atoms with van der Waals surface area (Å²) in [5.74, 6) is -1.13. The third-order valence-electron chi connectivity index (χ3n) is 3.94. The van der Waals surface area contributed by atoms with Crippen molar-refractivity contribution in [2.24, 2.45) is 5.92 Å². The number of aromatic nitrogens is 1. The number of halogens is 1. The van der Waals surface area contributed by atoms with Crippen LogP contribution in [0.25, 0.3) is 0 Å². The van der Waals surface area contributed by atoms with Gasteiger partial charge in [0.25, 0.3) is 0 Å². The molecule has 0 aromatic carbocycles. The molecule has 1 amide bonds. The van der Waals surface area contributed by atoms with Crippen LogP contribution in [0.4, 0.5) is 0 Å². The fourth-order valence-corrected chi connectivity index (χ4v) is 4.57. The molecule has 1 aromatic rings. The van der Waals surface area contributed by atoms with E-state index in [1.54, 1.807) is 13.8 Å². The van der Waals surface area contributed by atoms with Crippen LogP contribution in [0.3, 0.4) is 0 Å². The van der Waals surface area contributed by atoms with Crippen LogP contribution in [-0.4, -0.2) is 55.3 Å². The number of nitrogens with one attached hydrogen (secondary N) is 1. The number of sulfonamides is 1. The van der Waals surface area contributed by atoms with Crippen LogP contribution in [0.5, 0.6) is 0 Å². The first-order valence-electron chi connectivity index (χ1n) is 8.29. The van der Waals surface area contributed by atoms with Gasteiger partial charge in [0.15, 0.2) is 0 Å². The topological polar surface area (TPSA) is 106 Å².